The molecule has 1 atom stereocenters. The summed E-state index contributed by atoms with van der Waals surface area (Å²) < 4.78 is 1.80. The van der Waals surface area contributed by atoms with Crippen LogP contribution >= 0.6 is 15.9 Å². The number of nitrogens with zero attached hydrogens (tertiary/aromatic N) is 3. The first-order valence-corrected chi connectivity index (χ1v) is 7.19. The van der Waals surface area contributed by atoms with Gasteiger partial charge < -0.3 is 0 Å². The summed E-state index contributed by atoms with van der Waals surface area (Å²) in [7, 11) is 0. The van der Waals surface area contributed by atoms with E-state index in [0.717, 1.165) is 5.69 Å². The summed E-state index contributed by atoms with van der Waals surface area (Å²) in [4.78, 5) is 11.2. The van der Waals surface area contributed by atoms with E-state index in [1.165, 1.54) is 12.8 Å². The van der Waals surface area contributed by atoms with Crippen molar-refractivity contribution < 1.29 is 4.92 Å². The van der Waals surface area contributed by atoms with Gasteiger partial charge >= 0.3 is 5.69 Å². The van der Waals surface area contributed by atoms with E-state index in [1.807, 2.05) is 13.8 Å². The molecule has 1 saturated carbocycles. The zero-order chi connectivity index (χ0) is 13.4. The van der Waals surface area contributed by atoms with Crippen LogP contribution in [0.2, 0.25) is 0 Å². The fourth-order valence-electron chi connectivity index (χ4n) is 2.25. The van der Waals surface area contributed by atoms with Gasteiger partial charge in [0.05, 0.1) is 4.92 Å². The summed E-state index contributed by atoms with van der Waals surface area (Å²) in [5.74, 6) is 0.667. The first kappa shape index (κ1) is 13.5. The summed E-state index contributed by atoms with van der Waals surface area (Å²) in [6, 6.07) is 0.145. The molecule has 6 heteroatoms. The zero-order valence-corrected chi connectivity index (χ0v) is 12.5. The van der Waals surface area contributed by atoms with E-state index in [0.29, 0.717) is 22.9 Å². The van der Waals surface area contributed by atoms with Crippen molar-refractivity contribution in [3.63, 3.8) is 0 Å². The topological polar surface area (TPSA) is 61.0 Å². The lowest BCUT2D eigenvalue weighted by Crippen LogP contribution is -2.14. The van der Waals surface area contributed by atoms with Gasteiger partial charge in [-0.3, -0.25) is 14.8 Å². The monoisotopic (exact) mass is 315 g/mol. The average molecular weight is 316 g/mol. The Labute approximate surface area is 115 Å². The molecule has 1 aromatic rings. The Morgan fingerprint density at radius 3 is 2.61 bits per heavy atom. The molecule has 1 aliphatic rings. The SMILES string of the molecule is Cc1nn(C(C)C)c(CC(Br)C2CC2)c1[N+](=O)[O-]. The van der Waals surface area contributed by atoms with Crippen molar-refractivity contribution in [3.8, 4) is 0 Å². The molecule has 1 fully saturated rings. The molecule has 100 valence electrons. The molecular formula is C12H18BrN3O2. The maximum absolute atomic E-state index is 11.2. The minimum atomic E-state index is -0.302. The smallest absolute Gasteiger partial charge is 0.260 e. The standard InChI is InChI=1S/C12H18BrN3O2/c1-7(2)15-11(6-10(13)9-4-5-9)12(16(17)18)8(3)14-15/h7,9-10H,4-6H2,1-3H3. The van der Waals surface area contributed by atoms with E-state index in [4.69, 9.17) is 0 Å². The number of rotatable bonds is 5. The van der Waals surface area contributed by atoms with Gasteiger partial charge in [0.25, 0.3) is 0 Å². The largest absolute Gasteiger partial charge is 0.313 e. The second-order valence-corrected chi connectivity index (χ2v) is 6.41. The highest BCUT2D eigenvalue weighted by atomic mass is 79.9. The van der Waals surface area contributed by atoms with Gasteiger partial charge in [-0.25, -0.2) is 0 Å². The summed E-state index contributed by atoms with van der Waals surface area (Å²) >= 11 is 3.65. The van der Waals surface area contributed by atoms with Crippen molar-refractivity contribution in [1.82, 2.24) is 9.78 Å². The van der Waals surface area contributed by atoms with Gasteiger partial charge in [-0.05, 0) is 39.5 Å². The Hall–Kier alpha value is -0.910. The van der Waals surface area contributed by atoms with Crippen LogP contribution in [-0.2, 0) is 6.42 Å². The molecule has 0 saturated heterocycles. The molecule has 1 aliphatic carbocycles. The third-order valence-corrected chi connectivity index (χ3v) is 4.42. The first-order valence-electron chi connectivity index (χ1n) is 6.28. The second-order valence-electron chi connectivity index (χ2n) is 5.23. The molecule has 0 bridgehead atoms. The van der Waals surface area contributed by atoms with E-state index in [9.17, 15) is 10.1 Å². The van der Waals surface area contributed by atoms with Gasteiger partial charge in [-0.15, -0.1) is 0 Å². The van der Waals surface area contributed by atoms with Crippen molar-refractivity contribution in [3.05, 3.63) is 21.5 Å². The molecule has 1 heterocycles. The van der Waals surface area contributed by atoms with Crippen molar-refractivity contribution >= 4 is 21.6 Å². The van der Waals surface area contributed by atoms with Crippen LogP contribution in [0.1, 0.15) is 44.1 Å². The Kier molecular flexibility index (Phi) is 3.75. The van der Waals surface area contributed by atoms with E-state index in [-0.39, 0.29) is 16.7 Å². The molecule has 0 amide bonds. The lowest BCUT2D eigenvalue weighted by Gasteiger charge is -2.13. The van der Waals surface area contributed by atoms with E-state index < -0.39 is 0 Å². The van der Waals surface area contributed by atoms with E-state index in [2.05, 4.69) is 21.0 Å². The molecule has 1 aromatic heterocycles. The van der Waals surface area contributed by atoms with Gasteiger partial charge in [0.2, 0.25) is 0 Å². The number of alkyl halides is 1. The van der Waals surface area contributed by atoms with Crippen molar-refractivity contribution in [2.45, 2.75) is 50.9 Å². The highest BCUT2D eigenvalue weighted by Gasteiger charge is 2.34. The summed E-state index contributed by atoms with van der Waals surface area (Å²) in [6.07, 6.45) is 3.12. The number of halogens is 1. The molecule has 1 unspecified atom stereocenters. The van der Waals surface area contributed by atoms with E-state index in [1.54, 1.807) is 11.6 Å². The Morgan fingerprint density at radius 2 is 2.17 bits per heavy atom. The number of hydrogen-bond donors (Lipinski definition) is 0. The fraction of sp³-hybridized carbons (Fsp3) is 0.750. The van der Waals surface area contributed by atoms with Gasteiger partial charge in [0.1, 0.15) is 11.4 Å². The van der Waals surface area contributed by atoms with Crippen LogP contribution in [0.25, 0.3) is 0 Å². The normalized spacial score (nSPS) is 17.2. The molecule has 0 radical (unpaired) electrons. The summed E-state index contributed by atoms with van der Waals surface area (Å²) in [6.45, 7) is 5.71. The van der Waals surface area contributed by atoms with Gasteiger partial charge in [0, 0.05) is 17.3 Å². The number of nitro groups is 1. The van der Waals surface area contributed by atoms with Gasteiger partial charge in [0.15, 0.2) is 0 Å². The zero-order valence-electron chi connectivity index (χ0n) is 10.9. The molecule has 0 aliphatic heterocycles. The molecule has 0 N–H and O–H groups in total. The van der Waals surface area contributed by atoms with E-state index >= 15 is 0 Å². The van der Waals surface area contributed by atoms with Gasteiger partial charge in [-0.1, -0.05) is 15.9 Å². The molecular weight excluding hydrogens is 298 g/mol. The van der Waals surface area contributed by atoms with Crippen molar-refractivity contribution in [2.24, 2.45) is 5.92 Å². The number of aryl methyl sites for hydroxylation is 1. The third kappa shape index (κ3) is 2.58. The van der Waals surface area contributed by atoms with Crippen molar-refractivity contribution in [1.29, 1.82) is 0 Å². The maximum Gasteiger partial charge on any atom is 0.313 e. The van der Waals surface area contributed by atoms with Crippen LogP contribution in [0.5, 0.6) is 0 Å². The van der Waals surface area contributed by atoms with Crippen LogP contribution < -0.4 is 0 Å². The number of aromatic nitrogens is 2. The lowest BCUT2D eigenvalue weighted by atomic mass is 10.1. The molecule has 0 spiro atoms. The van der Waals surface area contributed by atoms with Crippen LogP contribution in [0.3, 0.4) is 0 Å². The van der Waals surface area contributed by atoms with Crippen LogP contribution in [0.15, 0.2) is 0 Å². The highest BCUT2D eigenvalue weighted by molar-refractivity contribution is 9.09. The average Bonchev–Trinajstić information content (AvgIpc) is 3.03. The van der Waals surface area contributed by atoms with Gasteiger partial charge in [-0.2, -0.15) is 5.10 Å². The molecule has 0 aromatic carbocycles. The Bertz CT molecular complexity index is 466. The second kappa shape index (κ2) is 4.99. The predicted octanol–water partition coefficient (Wildman–Crippen LogP) is 3.40. The fourth-order valence-corrected chi connectivity index (χ4v) is 3.09. The summed E-state index contributed by atoms with van der Waals surface area (Å²) in [5, 5.41) is 15.5. The molecule has 18 heavy (non-hydrogen) atoms. The summed E-state index contributed by atoms with van der Waals surface area (Å²) in [5.41, 5.74) is 1.45. The highest BCUT2D eigenvalue weighted by Crippen LogP contribution is 2.39. The van der Waals surface area contributed by atoms with Crippen molar-refractivity contribution in [2.75, 3.05) is 0 Å². The van der Waals surface area contributed by atoms with Crippen LogP contribution in [-0.4, -0.2) is 19.5 Å². The molecule has 2 rings (SSSR count). The number of hydrogen-bond acceptors (Lipinski definition) is 3. The Morgan fingerprint density at radius 1 is 1.56 bits per heavy atom. The van der Waals surface area contributed by atoms with Crippen LogP contribution in [0.4, 0.5) is 5.69 Å². The quantitative estimate of drug-likeness (QED) is 0.475. The lowest BCUT2D eigenvalue weighted by molar-refractivity contribution is -0.386. The Balaban J connectivity index is 2.36. The minimum absolute atomic E-state index is 0.145. The first-order chi connectivity index (χ1) is 8.41. The third-order valence-electron chi connectivity index (χ3n) is 3.34. The predicted molar refractivity (Wildman–Crippen MR) is 73.1 cm³/mol. The van der Waals surface area contributed by atoms with Crippen LogP contribution in [0, 0.1) is 23.0 Å². The molecule has 5 nitrogen and oxygen atoms in total. The minimum Gasteiger partial charge on any atom is -0.260 e. The maximum atomic E-state index is 11.2.